The summed E-state index contributed by atoms with van der Waals surface area (Å²) in [5.74, 6) is -0.154. The van der Waals surface area contributed by atoms with Gasteiger partial charge in [-0.3, -0.25) is 4.79 Å². The predicted octanol–water partition coefficient (Wildman–Crippen LogP) is 5.16. The van der Waals surface area contributed by atoms with E-state index in [4.69, 9.17) is 23.2 Å². The molecule has 1 aliphatic carbocycles. The summed E-state index contributed by atoms with van der Waals surface area (Å²) in [5, 5.41) is 10.3. The molecule has 1 N–H and O–H groups in total. The number of rotatable bonds is 3. The number of likely N-dealkylation sites (tertiary alicyclic amines) is 1. The number of carbonyl (C=O) groups is 2. The summed E-state index contributed by atoms with van der Waals surface area (Å²) < 4.78 is 0. The molecule has 2 aliphatic rings. The number of amides is 2. The molecular weight excluding hydrogens is 387 g/mol. The average molecular weight is 413 g/mol. The van der Waals surface area contributed by atoms with Crippen molar-refractivity contribution in [2.75, 3.05) is 6.54 Å². The van der Waals surface area contributed by atoms with Gasteiger partial charge >= 0.3 is 6.09 Å². The van der Waals surface area contributed by atoms with Crippen molar-refractivity contribution < 1.29 is 14.7 Å². The highest BCUT2D eigenvalue weighted by molar-refractivity contribution is 6.43. The summed E-state index contributed by atoms with van der Waals surface area (Å²) in [7, 11) is 0. The van der Waals surface area contributed by atoms with Gasteiger partial charge < -0.3 is 14.9 Å². The van der Waals surface area contributed by atoms with Crippen LogP contribution < -0.4 is 0 Å². The molecule has 0 aromatic heterocycles. The zero-order valence-electron chi connectivity index (χ0n) is 15.9. The maximum absolute atomic E-state index is 13.5. The second-order valence-electron chi connectivity index (χ2n) is 8.54. The average Bonchev–Trinajstić information content (AvgIpc) is 2.97. The number of nitrogens with zero attached hydrogens (tertiary/aromatic N) is 2. The molecule has 1 aliphatic heterocycles. The van der Waals surface area contributed by atoms with Gasteiger partial charge in [-0.1, -0.05) is 50.0 Å². The summed E-state index contributed by atoms with van der Waals surface area (Å²) in [5.41, 5.74) is 0.0949. The van der Waals surface area contributed by atoms with Crippen LogP contribution in [0.3, 0.4) is 0 Å². The number of carbonyl (C=O) groups excluding carboxylic acids is 1. The van der Waals surface area contributed by atoms with E-state index >= 15 is 0 Å². The van der Waals surface area contributed by atoms with Crippen LogP contribution in [0.2, 0.25) is 10.0 Å². The third-order valence-electron chi connectivity index (χ3n) is 5.74. The van der Waals surface area contributed by atoms with Crippen LogP contribution >= 0.6 is 23.2 Å². The van der Waals surface area contributed by atoms with Crippen LogP contribution in [0.5, 0.6) is 0 Å². The van der Waals surface area contributed by atoms with Crippen molar-refractivity contribution in [2.45, 2.75) is 64.6 Å². The highest BCUT2D eigenvalue weighted by atomic mass is 35.5. The molecule has 1 saturated heterocycles. The van der Waals surface area contributed by atoms with Crippen molar-refractivity contribution in [3.63, 3.8) is 0 Å². The topological polar surface area (TPSA) is 60.9 Å². The minimum absolute atomic E-state index is 0.121. The fourth-order valence-corrected chi connectivity index (χ4v) is 4.77. The Hall–Kier alpha value is -1.46. The van der Waals surface area contributed by atoms with Crippen molar-refractivity contribution in [1.82, 2.24) is 9.80 Å². The summed E-state index contributed by atoms with van der Waals surface area (Å²) in [4.78, 5) is 28.7. The second-order valence-corrected chi connectivity index (χ2v) is 9.33. The molecule has 148 valence electrons. The van der Waals surface area contributed by atoms with Crippen LogP contribution in [-0.2, 0) is 0 Å². The van der Waals surface area contributed by atoms with Crippen molar-refractivity contribution in [2.24, 2.45) is 5.41 Å². The summed E-state index contributed by atoms with van der Waals surface area (Å²) >= 11 is 12.5. The Labute approximate surface area is 170 Å². The van der Waals surface area contributed by atoms with Crippen LogP contribution in [0, 0.1) is 5.41 Å². The molecule has 2 fully saturated rings. The van der Waals surface area contributed by atoms with Crippen LogP contribution in [0.4, 0.5) is 4.79 Å². The Balaban J connectivity index is 2.01. The number of halogens is 2. The van der Waals surface area contributed by atoms with Crippen LogP contribution in [-0.4, -0.2) is 51.6 Å². The van der Waals surface area contributed by atoms with Crippen LogP contribution in [0.15, 0.2) is 18.2 Å². The first-order valence-corrected chi connectivity index (χ1v) is 10.1. The molecule has 0 radical (unpaired) electrons. The molecule has 1 saturated carbocycles. The lowest BCUT2D eigenvalue weighted by atomic mass is 9.80. The molecule has 5 nitrogen and oxygen atoms in total. The summed E-state index contributed by atoms with van der Waals surface area (Å²) in [6.45, 7) is 6.52. The Kier molecular flexibility index (Phi) is 5.64. The largest absolute Gasteiger partial charge is 0.465 e. The lowest BCUT2D eigenvalue weighted by Crippen LogP contribution is -2.58. The van der Waals surface area contributed by atoms with Gasteiger partial charge in [0.2, 0.25) is 0 Å². The van der Waals surface area contributed by atoms with E-state index in [0.717, 1.165) is 19.3 Å². The lowest BCUT2D eigenvalue weighted by Gasteiger charge is -2.47. The lowest BCUT2D eigenvalue weighted by molar-refractivity contribution is 0.0201. The van der Waals surface area contributed by atoms with Gasteiger partial charge in [0.15, 0.2) is 0 Å². The van der Waals surface area contributed by atoms with Crippen molar-refractivity contribution in [1.29, 1.82) is 0 Å². The molecule has 2 amide bonds. The van der Waals surface area contributed by atoms with E-state index < -0.39 is 6.09 Å². The molecule has 7 heteroatoms. The molecule has 1 unspecified atom stereocenters. The number of benzene rings is 1. The number of carboxylic acid groups (broad SMARTS) is 1. The molecule has 1 heterocycles. The van der Waals surface area contributed by atoms with Gasteiger partial charge in [-0.05, 0) is 43.2 Å². The zero-order chi connectivity index (χ0) is 19.9. The second kappa shape index (κ2) is 7.51. The third-order valence-corrected chi connectivity index (χ3v) is 6.56. The van der Waals surface area contributed by atoms with E-state index in [-0.39, 0.29) is 34.5 Å². The Morgan fingerprint density at radius 1 is 1.19 bits per heavy atom. The van der Waals surface area contributed by atoms with Crippen LogP contribution in [0.1, 0.15) is 56.8 Å². The van der Waals surface area contributed by atoms with Crippen molar-refractivity contribution in [3.8, 4) is 0 Å². The predicted molar refractivity (Wildman–Crippen MR) is 107 cm³/mol. The van der Waals surface area contributed by atoms with E-state index in [1.54, 1.807) is 18.2 Å². The van der Waals surface area contributed by atoms with Crippen molar-refractivity contribution >= 4 is 35.2 Å². The molecule has 1 aromatic rings. The molecule has 3 rings (SSSR count). The van der Waals surface area contributed by atoms with Crippen LogP contribution in [0.25, 0.3) is 0 Å². The summed E-state index contributed by atoms with van der Waals surface area (Å²) in [6.07, 6.45) is 2.65. The van der Waals surface area contributed by atoms with Gasteiger partial charge in [-0.2, -0.15) is 0 Å². The Morgan fingerprint density at radius 2 is 1.85 bits per heavy atom. The third kappa shape index (κ3) is 3.77. The molecule has 0 bridgehead atoms. The molecule has 1 aromatic carbocycles. The van der Waals surface area contributed by atoms with E-state index in [0.29, 0.717) is 23.6 Å². The van der Waals surface area contributed by atoms with Gasteiger partial charge in [-0.25, -0.2) is 4.79 Å². The first kappa shape index (κ1) is 20.3. The first-order valence-electron chi connectivity index (χ1n) is 9.39. The van der Waals surface area contributed by atoms with Gasteiger partial charge in [0.25, 0.3) is 5.91 Å². The first-order chi connectivity index (χ1) is 12.6. The summed E-state index contributed by atoms with van der Waals surface area (Å²) in [6, 6.07) is 4.76. The maximum Gasteiger partial charge on any atom is 0.407 e. The minimum Gasteiger partial charge on any atom is -0.465 e. The zero-order valence-corrected chi connectivity index (χ0v) is 17.4. The van der Waals surface area contributed by atoms with E-state index in [1.807, 2.05) is 25.7 Å². The minimum atomic E-state index is -0.931. The van der Waals surface area contributed by atoms with E-state index in [2.05, 4.69) is 0 Å². The fourth-order valence-electron chi connectivity index (χ4n) is 4.39. The molecule has 27 heavy (non-hydrogen) atoms. The standard InChI is InChI=1S/C20H26Cl2N2O3/c1-20(2,3)17-15(10-11-23(17)19(26)27)24(12-6-4-7-12)18(25)13-8-5-9-14(21)16(13)22/h5,8-9,12,15,17H,4,6-7,10-11H2,1-3H3,(H,26,27)/t15-,17?/m0/s1. The molecule has 0 spiro atoms. The quantitative estimate of drug-likeness (QED) is 0.745. The highest BCUT2D eigenvalue weighted by Crippen LogP contribution is 2.40. The van der Waals surface area contributed by atoms with Gasteiger partial charge in [-0.15, -0.1) is 0 Å². The number of hydrogen-bond donors (Lipinski definition) is 1. The molecular formula is C20H26Cl2N2O3. The smallest absolute Gasteiger partial charge is 0.407 e. The monoisotopic (exact) mass is 412 g/mol. The fraction of sp³-hybridized carbons (Fsp3) is 0.600. The maximum atomic E-state index is 13.5. The Morgan fingerprint density at radius 3 is 2.37 bits per heavy atom. The van der Waals surface area contributed by atoms with E-state index in [9.17, 15) is 14.7 Å². The Bertz CT molecular complexity index is 743. The van der Waals surface area contributed by atoms with Crippen molar-refractivity contribution in [3.05, 3.63) is 33.8 Å². The highest BCUT2D eigenvalue weighted by Gasteiger charge is 2.50. The van der Waals surface area contributed by atoms with Gasteiger partial charge in [0, 0.05) is 12.6 Å². The normalized spacial score (nSPS) is 23.2. The van der Waals surface area contributed by atoms with Gasteiger partial charge in [0.1, 0.15) is 0 Å². The SMILES string of the molecule is CC(C)(C)C1[C@@H](N(C(=O)c2cccc(Cl)c2Cl)C2CCC2)CCN1C(=O)O. The number of hydrogen-bond acceptors (Lipinski definition) is 2. The molecule has 2 atom stereocenters. The van der Waals surface area contributed by atoms with E-state index in [1.165, 1.54) is 4.90 Å². The van der Waals surface area contributed by atoms with Gasteiger partial charge in [0.05, 0.1) is 27.7 Å².